The summed E-state index contributed by atoms with van der Waals surface area (Å²) in [7, 11) is 0. The van der Waals surface area contributed by atoms with Crippen LogP contribution in [0.5, 0.6) is 0 Å². The molecule has 2 amide bonds. The van der Waals surface area contributed by atoms with Gasteiger partial charge in [-0.1, -0.05) is 18.2 Å². The Hall–Kier alpha value is -1.97. The first-order valence-electron chi connectivity index (χ1n) is 7.93. The molecule has 1 aromatic carbocycles. The van der Waals surface area contributed by atoms with E-state index in [-0.39, 0.29) is 6.03 Å². The van der Waals surface area contributed by atoms with Crippen LogP contribution in [0.4, 0.5) is 4.79 Å². The Balaban J connectivity index is 1.51. The molecule has 1 atom stereocenters. The number of para-hydroxylation sites is 1. The average Bonchev–Trinajstić information content (AvgIpc) is 3.04. The minimum atomic E-state index is 0.139. The third-order valence-electron chi connectivity index (χ3n) is 4.67. The molecule has 1 saturated carbocycles. The van der Waals surface area contributed by atoms with Crippen molar-refractivity contribution in [1.29, 1.82) is 0 Å². The second-order valence-electron chi connectivity index (χ2n) is 6.28. The van der Waals surface area contributed by atoms with Crippen molar-refractivity contribution in [2.24, 2.45) is 0 Å². The number of hydrogen-bond acceptors (Lipinski definition) is 1. The number of amides is 2. The van der Waals surface area contributed by atoms with E-state index in [2.05, 4.69) is 34.7 Å². The van der Waals surface area contributed by atoms with Crippen LogP contribution >= 0.6 is 0 Å². The highest BCUT2D eigenvalue weighted by Gasteiger charge is 2.32. The molecule has 2 N–H and O–H groups in total. The summed E-state index contributed by atoms with van der Waals surface area (Å²) in [5, 5.41) is 4.41. The Morgan fingerprint density at radius 1 is 1.29 bits per heavy atom. The number of nitrogens with one attached hydrogen (secondary N) is 2. The number of urea groups is 1. The molecule has 1 saturated heterocycles. The largest absolute Gasteiger partial charge is 0.361 e. The molecule has 1 unspecified atom stereocenters. The zero-order valence-corrected chi connectivity index (χ0v) is 12.1. The lowest BCUT2D eigenvalue weighted by atomic mass is 10.0. The van der Waals surface area contributed by atoms with Crippen molar-refractivity contribution in [2.45, 2.75) is 44.2 Å². The number of likely N-dealkylation sites (tertiary alicyclic amines) is 1. The first-order valence-corrected chi connectivity index (χ1v) is 7.93. The van der Waals surface area contributed by atoms with Gasteiger partial charge in [-0.15, -0.1) is 0 Å². The minimum Gasteiger partial charge on any atom is -0.361 e. The topological polar surface area (TPSA) is 48.1 Å². The Kier molecular flexibility index (Phi) is 3.09. The molecule has 1 aliphatic heterocycles. The van der Waals surface area contributed by atoms with Crippen molar-refractivity contribution in [1.82, 2.24) is 15.2 Å². The molecule has 1 aliphatic carbocycles. The quantitative estimate of drug-likeness (QED) is 0.893. The van der Waals surface area contributed by atoms with Crippen LogP contribution in [0.15, 0.2) is 30.5 Å². The van der Waals surface area contributed by atoms with E-state index in [1.807, 2.05) is 11.0 Å². The van der Waals surface area contributed by atoms with Gasteiger partial charge in [0.2, 0.25) is 0 Å². The molecule has 4 heteroatoms. The van der Waals surface area contributed by atoms with Gasteiger partial charge in [-0.2, -0.15) is 0 Å². The zero-order valence-electron chi connectivity index (χ0n) is 12.1. The highest BCUT2D eigenvalue weighted by atomic mass is 16.2. The van der Waals surface area contributed by atoms with Crippen molar-refractivity contribution < 1.29 is 4.79 Å². The van der Waals surface area contributed by atoms with Gasteiger partial charge >= 0.3 is 6.03 Å². The number of aromatic amines is 1. The molecular weight excluding hydrogens is 262 g/mol. The minimum absolute atomic E-state index is 0.139. The summed E-state index contributed by atoms with van der Waals surface area (Å²) in [6.45, 7) is 0.894. The number of carbonyl (C=O) groups is 1. The monoisotopic (exact) mass is 283 g/mol. The normalized spacial score (nSPS) is 21.9. The van der Waals surface area contributed by atoms with Gasteiger partial charge in [0.1, 0.15) is 0 Å². The average molecular weight is 283 g/mol. The third kappa shape index (κ3) is 2.50. The van der Waals surface area contributed by atoms with E-state index in [0.717, 1.165) is 38.6 Å². The van der Waals surface area contributed by atoms with Gasteiger partial charge in [0.25, 0.3) is 0 Å². The Labute approximate surface area is 124 Å². The van der Waals surface area contributed by atoms with Crippen molar-refractivity contribution in [3.8, 4) is 0 Å². The van der Waals surface area contributed by atoms with Crippen LogP contribution in [-0.2, 0) is 6.42 Å². The molecule has 4 rings (SSSR count). The van der Waals surface area contributed by atoms with Crippen LogP contribution in [0.1, 0.15) is 31.2 Å². The van der Waals surface area contributed by atoms with Crippen LogP contribution in [0.25, 0.3) is 10.9 Å². The van der Waals surface area contributed by atoms with Crippen molar-refractivity contribution in [3.05, 3.63) is 36.0 Å². The molecule has 2 heterocycles. The molecule has 4 nitrogen and oxygen atoms in total. The standard InChI is InChI=1S/C17H21N3O/c21-17(19-13-7-8-13)20-9-3-4-14(20)10-12-11-18-16-6-2-1-5-15(12)16/h1-2,5-6,11,13-14,18H,3-4,7-10H2,(H,19,21). The Morgan fingerprint density at radius 2 is 2.14 bits per heavy atom. The van der Waals surface area contributed by atoms with Gasteiger partial charge in [-0.05, 0) is 43.7 Å². The zero-order chi connectivity index (χ0) is 14.2. The van der Waals surface area contributed by atoms with E-state index in [1.54, 1.807) is 0 Å². The van der Waals surface area contributed by atoms with Gasteiger partial charge < -0.3 is 15.2 Å². The first kappa shape index (κ1) is 12.7. The number of fused-ring (bicyclic) bond motifs is 1. The fourth-order valence-corrected chi connectivity index (χ4v) is 3.35. The molecule has 0 radical (unpaired) electrons. The molecule has 21 heavy (non-hydrogen) atoms. The SMILES string of the molecule is O=C(NC1CC1)N1CCCC1Cc1c[nH]c2ccccc12. The first-order chi connectivity index (χ1) is 10.3. The smallest absolute Gasteiger partial charge is 0.317 e. The number of carbonyl (C=O) groups excluding carboxylic acids is 1. The maximum Gasteiger partial charge on any atom is 0.317 e. The second-order valence-corrected chi connectivity index (χ2v) is 6.28. The lowest BCUT2D eigenvalue weighted by Gasteiger charge is -2.25. The highest BCUT2D eigenvalue weighted by Crippen LogP contribution is 2.26. The van der Waals surface area contributed by atoms with Crippen LogP contribution in [0.2, 0.25) is 0 Å². The molecule has 0 spiro atoms. The Bertz CT molecular complexity index is 659. The van der Waals surface area contributed by atoms with E-state index in [1.165, 1.54) is 16.5 Å². The van der Waals surface area contributed by atoms with Crippen molar-refractivity contribution in [3.63, 3.8) is 0 Å². The van der Waals surface area contributed by atoms with Crippen LogP contribution in [0, 0.1) is 0 Å². The fraction of sp³-hybridized carbons (Fsp3) is 0.471. The van der Waals surface area contributed by atoms with E-state index >= 15 is 0 Å². The number of hydrogen-bond donors (Lipinski definition) is 2. The van der Waals surface area contributed by atoms with E-state index in [0.29, 0.717) is 12.1 Å². The predicted octanol–water partition coefficient (Wildman–Crippen LogP) is 3.05. The number of benzene rings is 1. The molecule has 1 aromatic heterocycles. The molecule has 110 valence electrons. The predicted molar refractivity (Wildman–Crippen MR) is 83.3 cm³/mol. The summed E-state index contributed by atoms with van der Waals surface area (Å²) in [6.07, 6.45) is 7.56. The van der Waals surface area contributed by atoms with Crippen LogP contribution in [-0.4, -0.2) is 34.5 Å². The van der Waals surface area contributed by atoms with Crippen LogP contribution < -0.4 is 5.32 Å². The lowest BCUT2D eigenvalue weighted by Crippen LogP contribution is -2.44. The maximum atomic E-state index is 12.3. The van der Waals surface area contributed by atoms with Gasteiger partial charge in [-0.3, -0.25) is 0 Å². The number of nitrogens with zero attached hydrogens (tertiary/aromatic N) is 1. The van der Waals surface area contributed by atoms with E-state index in [9.17, 15) is 4.79 Å². The number of rotatable bonds is 3. The maximum absolute atomic E-state index is 12.3. The van der Waals surface area contributed by atoms with Crippen molar-refractivity contribution in [2.75, 3.05) is 6.54 Å². The molecule has 2 aromatic rings. The molecule has 2 aliphatic rings. The van der Waals surface area contributed by atoms with E-state index in [4.69, 9.17) is 0 Å². The van der Waals surface area contributed by atoms with Gasteiger partial charge in [0, 0.05) is 35.7 Å². The molecule has 0 bridgehead atoms. The van der Waals surface area contributed by atoms with Gasteiger partial charge in [0.05, 0.1) is 0 Å². The lowest BCUT2D eigenvalue weighted by molar-refractivity contribution is 0.192. The van der Waals surface area contributed by atoms with E-state index < -0.39 is 0 Å². The number of H-pyrrole nitrogens is 1. The Morgan fingerprint density at radius 3 is 3.00 bits per heavy atom. The summed E-state index contributed by atoms with van der Waals surface area (Å²) >= 11 is 0. The van der Waals surface area contributed by atoms with Crippen molar-refractivity contribution >= 4 is 16.9 Å². The van der Waals surface area contributed by atoms with Gasteiger partial charge in [0.15, 0.2) is 0 Å². The molecular formula is C17H21N3O. The summed E-state index contributed by atoms with van der Waals surface area (Å²) in [5.41, 5.74) is 2.50. The summed E-state index contributed by atoms with van der Waals surface area (Å²) in [6, 6.07) is 9.30. The molecule has 2 fully saturated rings. The second kappa shape index (κ2) is 5.10. The van der Waals surface area contributed by atoms with Gasteiger partial charge in [-0.25, -0.2) is 4.79 Å². The fourth-order valence-electron chi connectivity index (χ4n) is 3.35. The summed E-state index contributed by atoms with van der Waals surface area (Å²) in [5.74, 6) is 0. The van der Waals surface area contributed by atoms with Crippen LogP contribution in [0.3, 0.4) is 0 Å². The number of aromatic nitrogens is 1. The third-order valence-corrected chi connectivity index (χ3v) is 4.67. The highest BCUT2D eigenvalue weighted by molar-refractivity contribution is 5.83. The summed E-state index contributed by atoms with van der Waals surface area (Å²) in [4.78, 5) is 17.7. The summed E-state index contributed by atoms with van der Waals surface area (Å²) < 4.78 is 0.